The molecule has 0 aliphatic carbocycles. The number of hydrogen-bond donors (Lipinski definition) is 0. The van der Waals surface area contributed by atoms with E-state index in [1.807, 2.05) is 32.6 Å². The molecule has 0 aliphatic heterocycles. The van der Waals surface area contributed by atoms with Crippen molar-refractivity contribution in [3.63, 3.8) is 0 Å². The van der Waals surface area contributed by atoms with Crippen LogP contribution < -0.4 is 0 Å². The lowest BCUT2D eigenvalue weighted by Gasteiger charge is -2.17. The number of rotatable bonds is 6. The second kappa shape index (κ2) is 6.65. The van der Waals surface area contributed by atoms with Gasteiger partial charge in [0, 0.05) is 5.41 Å². The molecule has 0 saturated heterocycles. The van der Waals surface area contributed by atoms with Crippen LogP contribution in [0.25, 0.3) is 0 Å². The van der Waals surface area contributed by atoms with Gasteiger partial charge in [0.1, 0.15) is 0 Å². The number of carbonyl (C=O) groups is 1. The van der Waals surface area contributed by atoms with E-state index in [1.54, 1.807) is 6.92 Å². The Labute approximate surface area is 114 Å². The molecular weight excluding hydrogens is 246 g/mol. The Morgan fingerprint density at radius 2 is 2.00 bits per heavy atom. The van der Waals surface area contributed by atoms with Crippen LogP contribution in [0.4, 0.5) is 0 Å². The summed E-state index contributed by atoms with van der Waals surface area (Å²) in [6.45, 7) is 11.6. The smallest absolute Gasteiger partial charge is 0.320 e. The maximum atomic E-state index is 11.4. The summed E-state index contributed by atoms with van der Waals surface area (Å²) < 4.78 is 10.5. The molecule has 1 rings (SSSR count). The zero-order chi connectivity index (χ0) is 14.5. The molecular formula is C13H23N3O3. The van der Waals surface area contributed by atoms with Crippen LogP contribution in [0, 0.1) is 0 Å². The fraction of sp³-hybridized carbons (Fsp3) is 0.769. The van der Waals surface area contributed by atoms with Crippen molar-refractivity contribution < 1.29 is 13.9 Å². The van der Waals surface area contributed by atoms with Crippen molar-refractivity contribution in [2.75, 3.05) is 19.7 Å². The van der Waals surface area contributed by atoms with Crippen LogP contribution in [0.1, 0.15) is 46.4 Å². The van der Waals surface area contributed by atoms with Crippen molar-refractivity contribution in [2.45, 2.75) is 46.6 Å². The molecule has 0 fully saturated rings. The molecule has 0 N–H and O–H groups in total. The predicted molar refractivity (Wildman–Crippen MR) is 70.6 cm³/mol. The standard InChI is InChI=1S/C13H23N3O3/c1-6-16(9-11(17)18-7-2)8-10-14-15-12(19-10)13(3,4)5/h6-9H2,1-5H3. The van der Waals surface area contributed by atoms with Gasteiger partial charge in [-0.3, -0.25) is 9.69 Å². The summed E-state index contributed by atoms with van der Waals surface area (Å²) in [7, 11) is 0. The van der Waals surface area contributed by atoms with Crippen LogP contribution in [0.3, 0.4) is 0 Å². The average Bonchev–Trinajstić information content (AvgIpc) is 2.76. The molecule has 0 unspecified atom stereocenters. The first-order valence-electron chi connectivity index (χ1n) is 6.57. The van der Waals surface area contributed by atoms with Crippen molar-refractivity contribution in [1.29, 1.82) is 0 Å². The van der Waals surface area contributed by atoms with Crippen molar-refractivity contribution in [3.05, 3.63) is 11.8 Å². The predicted octanol–water partition coefficient (Wildman–Crippen LogP) is 1.75. The molecule has 19 heavy (non-hydrogen) atoms. The van der Waals surface area contributed by atoms with Crippen LogP contribution in [0.15, 0.2) is 4.42 Å². The van der Waals surface area contributed by atoms with Gasteiger partial charge in [0.2, 0.25) is 11.8 Å². The highest BCUT2D eigenvalue weighted by atomic mass is 16.5. The van der Waals surface area contributed by atoms with Crippen molar-refractivity contribution >= 4 is 5.97 Å². The molecule has 0 bridgehead atoms. The molecule has 0 saturated carbocycles. The summed E-state index contributed by atoms with van der Waals surface area (Å²) in [4.78, 5) is 13.3. The third-order valence-corrected chi connectivity index (χ3v) is 2.57. The summed E-state index contributed by atoms with van der Waals surface area (Å²) in [5, 5.41) is 8.04. The van der Waals surface area contributed by atoms with E-state index in [0.29, 0.717) is 31.5 Å². The lowest BCUT2D eigenvalue weighted by atomic mass is 9.97. The number of hydrogen-bond acceptors (Lipinski definition) is 6. The molecule has 6 nitrogen and oxygen atoms in total. The molecule has 1 heterocycles. The third kappa shape index (κ3) is 4.98. The second-order valence-electron chi connectivity index (χ2n) is 5.36. The summed E-state index contributed by atoms with van der Waals surface area (Å²) in [6.07, 6.45) is 0. The highest BCUT2D eigenvalue weighted by Gasteiger charge is 2.22. The fourth-order valence-corrected chi connectivity index (χ4v) is 1.48. The van der Waals surface area contributed by atoms with Crippen molar-refractivity contribution in [1.82, 2.24) is 15.1 Å². The number of aromatic nitrogens is 2. The summed E-state index contributed by atoms with van der Waals surface area (Å²) >= 11 is 0. The molecule has 0 aromatic carbocycles. The third-order valence-electron chi connectivity index (χ3n) is 2.57. The normalized spacial score (nSPS) is 11.9. The minimum Gasteiger partial charge on any atom is -0.465 e. The van der Waals surface area contributed by atoms with Crippen LogP contribution in [0.5, 0.6) is 0 Å². The average molecular weight is 269 g/mol. The molecule has 108 valence electrons. The highest BCUT2D eigenvalue weighted by molar-refractivity contribution is 5.71. The zero-order valence-electron chi connectivity index (χ0n) is 12.4. The highest BCUT2D eigenvalue weighted by Crippen LogP contribution is 2.20. The monoisotopic (exact) mass is 269 g/mol. The first kappa shape index (κ1) is 15.6. The number of esters is 1. The van der Waals surface area contributed by atoms with Crippen LogP contribution in [-0.4, -0.2) is 40.8 Å². The minimum absolute atomic E-state index is 0.163. The summed E-state index contributed by atoms with van der Waals surface area (Å²) in [5.74, 6) is 0.894. The molecule has 6 heteroatoms. The Balaban J connectivity index is 2.61. The number of nitrogens with zero attached hydrogens (tertiary/aromatic N) is 3. The van der Waals surface area contributed by atoms with E-state index >= 15 is 0 Å². The van der Waals surface area contributed by atoms with E-state index < -0.39 is 0 Å². The van der Waals surface area contributed by atoms with E-state index in [4.69, 9.17) is 9.15 Å². The maximum absolute atomic E-state index is 11.4. The Bertz CT molecular complexity index is 410. The molecule has 0 radical (unpaired) electrons. The lowest BCUT2D eigenvalue weighted by molar-refractivity contribution is -0.144. The van der Waals surface area contributed by atoms with Gasteiger partial charge < -0.3 is 9.15 Å². The second-order valence-corrected chi connectivity index (χ2v) is 5.36. The zero-order valence-corrected chi connectivity index (χ0v) is 12.4. The Morgan fingerprint density at radius 3 is 2.47 bits per heavy atom. The molecule has 0 spiro atoms. The number of likely N-dealkylation sites (N-methyl/N-ethyl adjacent to an activating group) is 1. The number of ether oxygens (including phenoxy) is 1. The summed E-state index contributed by atoms with van der Waals surface area (Å²) in [6, 6.07) is 0. The van der Waals surface area contributed by atoms with E-state index in [-0.39, 0.29) is 17.9 Å². The van der Waals surface area contributed by atoms with E-state index in [0.717, 1.165) is 0 Å². The Kier molecular flexibility index (Phi) is 5.47. The first-order valence-corrected chi connectivity index (χ1v) is 6.57. The van der Waals surface area contributed by atoms with Gasteiger partial charge in [-0.05, 0) is 13.5 Å². The lowest BCUT2D eigenvalue weighted by Crippen LogP contribution is -2.30. The van der Waals surface area contributed by atoms with Crippen LogP contribution in [0.2, 0.25) is 0 Å². The van der Waals surface area contributed by atoms with Gasteiger partial charge in [0.25, 0.3) is 0 Å². The van der Waals surface area contributed by atoms with Crippen molar-refractivity contribution in [3.8, 4) is 0 Å². The largest absolute Gasteiger partial charge is 0.465 e. The van der Waals surface area contributed by atoms with Gasteiger partial charge in [0.05, 0.1) is 19.7 Å². The van der Waals surface area contributed by atoms with E-state index in [1.165, 1.54) is 0 Å². The molecule has 0 atom stereocenters. The topological polar surface area (TPSA) is 68.5 Å². The quantitative estimate of drug-likeness (QED) is 0.733. The van der Waals surface area contributed by atoms with E-state index in [9.17, 15) is 4.79 Å². The molecule has 1 aromatic rings. The first-order chi connectivity index (χ1) is 8.86. The molecule has 0 amide bonds. The van der Waals surface area contributed by atoms with Gasteiger partial charge in [-0.25, -0.2) is 0 Å². The Hall–Kier alpha value is -1.43. The number of carbonyl (C=O) groups excluding carboxylic acids is 1. The van der Waals surface area contributed by atoms with Crippen molar-refractivity contribution in [2.24, 2.45) is 0 Å². The fourth-order valence-electron chi connectivity index (χ4n) is 1.48. The SMILES string of the molecule is CCOC(=O)CN(CC)Cc1nnc(C(C)(C)C)o1. The van der Waals surface area contributed by atoms with Gasteiger partial charge in [-0.2, -0.15) is 0 Å². The Morgan fingerprint density at radius 1 is 1.32 bits per heavy atom. The van der Waals surface area contributed by atoms with E-state index in [2.05, 4.69) is 10.2 Å². The molecule has 0 aliphatic rings. The van der Waals surface area contributed by atoms with Crippen LogP contribution in [-0.2, 0) is 21.5 Å². The maximum Gasteiger partial charge on any atom is 0.320 e. The van der Waals surface area contributed by atoms with Gasteiger partial charge in [-0.15, -0.1) is 10.2 Å². The summed E-state index contributed by atoms with van der Waals surface area (Å²) in [5.41, 5.74) is -0.163. The van der Waals surface area contributed by atoms with Gasteiger partial charge in [-0.1, -0.05) is 27.7 Å². The minimum atomic E-state index is -0.236. The van der Waals surface area contributed by atoms with Gasteiger partial charge in [0.15, 0.2) is 0 Å². The van der Waals surface area contributed by atoms with Gasteiger partial charge >= 0.3 is 5.97 Å². The molecule has 1 aromatic heterocycles. The van der Waals surface area contributed by atoms with Crippen LogP contribution >= 0.6 is 0 Å².